The third kappa shape index (κ3) is 6.16. The maximum Gasteiger partial charge on any atom is 0.351 e. The first kappa shape index (κ1) is 21.5. The van der Waals surface area contributed by atoms with Gasteiger partial charge in [0.15, 0.2) is 0 Å². The van der Waals surface area contributed by atoms with Crippen LogP contribution in [0.25, 0.3) is 0 Å². The highest BCUT2D eigenvalue weighted by Crippen LogP contribution is 2.33. The first-order valence-electron chi connectivity index (χ1n) is 9.59. The highest BCUT2D eigenvalue weighted by Gasteiger charge is 2.18. The number of nitrogens with one attached hydrogen (secondary N) is 1. The van der Waals surface area contributed by atoms with E-state index >= 15 is 0 Å². The maximum absolute atomic E-state index is 11.0. The number of anilines is 1. The number of methoxy groups -OCH3 is 1. The predicted molar refractivity (Wildman–Crippen MR) is 110 cm³/mol. The molecule has 1 aromatic carbocycles. The number of aliphatic carboxylic acids is 1. The molecule has 2 N–H and O–H groups in total. The largest absolute Gasteiger partial charge is 0.488 e. The van der Waals surface area contributed by atoms with Crippen LogP contribution in [0.4, 0.5) is 5.69 Å². The van der Waals surface area contributed by atoms with E-state index in [-0.39, 0.29) is 11.8 Å². The molecule has 0 bridgehead atoms. The van der Waals surface area contributed by atoms with E-state index in [1.165, 1.54) is 6.92 Å². The fraction of sp³-hybridized carbons (Fsp3) is 0.381. The van der Waals surface area contributed by atoms with Crippen molar-refractivity contribution in [3.8, 4) is 17.2 Å². The Morgan fingerprint density at radius 3 is 2.70 bits per heavy atom. The van der Waals surface area contributed by atoms with E-state index < -0.39 is 5.97 Å². The first-order chi connectivity index (χ1) is 14.5. The van der Waals surface area contributed by atoms with Gasteiger partial charge in [0.05, 0.1) is 37.4 Å². The second-order valence-corrected chi connectivity index (χ2v) is 6.72. The summed E-state index contributed by atoms with van der Waals surface area (Å²) in [5.41, 5.74) is 4.05. The summed E-state index contributed by atoms with van der Waals surface area (Å²) >= 11 is 0. The minimum absolute atomic E-state index is 0.00547. The van der Waals surface area contributed by atoms with Gasteiger partial charge in [0.1, 0.15) is 29.1 Å². The molecule has 1 aliphatic rings. The van der Waals surface area contributed by atoms with Crippen molar-refractivity contribution < 1.29 is 28.8 Å². The molecular formula is C21H25N3O6. The number of aromatic nitrogens is 1. The zero-order valence-electron chi connectivity index (χ0n) is 17.0. The zero-order chi connectivity index (χ0) is 21.3. The highest BCUT2D eigenvalue weighted by atomic mass is 16.5. The lowest BCUT2D eigenvalue weighted by atomic mass is 10.1. The van der Waals surface area contributed by atoms with Crippen molar-refractivity contribution in [1.29, 1.82) is 0 Å². The standard InChI is InChI=1S/C21H25N3O6/c1-14(21(25)26)23-24-19-6-5-17(11-20(19)30-16-7-9-28-10-8-16)29-18-4-3-15(13-27-2)22-12-18/h3-6,11-12,16,24H,7-10,13H2,1-2H3,(H,25,26). The van der Waals surface area contributed by atoms with Crippen LogP contribution in [-0.2, 0) is 20.9 Å². The van der Waals surface area contributed by atoms with Gasteiger partial charge >= 0.3 is 5.97 Å². The third-order valence-corrected chi connectivity index (χ3v) is 4.39. The Labute approximate surface area is 174 Å². The SMILES string of the molecule is COCc1ccc(Oc2ccc(NN=C(C)C(=O)O)c(OC3CCOCC3)c2)cn1. The summed E-state index contributed by atoms with van der Waals surface area (Å²) in [6.07, 6.45) is 3.16. The van der Waals surface area contributed by atoms with Crippen LogP contribution < -0.4 is 14.9 Å². The van der Waals surface area contributed by atoms with Crippen LogP contribution in [0.15, 0.2) is 41.6 Å². The van der Waals surface area contributed by atoms with E-state index in [4.69, 9.17) is 24.1 Å². The molecule has 2 heterocycles. The highest BCUT2D eigenvalue weighted by molar-refractivity contribution is 6.34. The topological polar surface area (TPSA) is 112 Å². The molecule has 160 valence electrons. The Morgan fingerprint density at radius 1 is 1.27 bits per heavy atom. The van der Waals surface area contributed by atoms with E-state index in [9.17, 15) is 4.79 Å². The smallest absolute Gasteiger partial charge is 0.351 e. The van der Waals surface area contributed by atoms with Crippen LogP contribution >= 0.6 is 0 Å². The van der Waals surface area contributed by atoms with Gasteiger partial charge in [-0.15, -0.1) is 0 Å². The van der Waals surface area contributed by atoms with Crippen molar-refractivity contribution in [3.05, 3.63) is 42.2 Å². The average Bonchev–Trinajstić information content (AvgIpc) is 2.75. The molecule has 30 heavy (non-hydrogen) atoms. The number of rotatable bonds is 9. The molecule has 9 heteroatoms. The van der Waals surface area contributed by atoms with E-state index in [0.717, 1.165) is 18.5 Å². The summed E-state index contributed by atoms with van der Waals surface area (Å²) in [5.74, 6) is 0.555. The third-order valence-electron chi connectivity index (χ3n) is 4.39. The number of carbonyl (C=O) groups is 1. The van der Waals surface area contributed by atoms with Gasteiger partial charge in [0, 0.05) is 26.0 Å². The number of hydrazone groups is 1. The predicted octanol–water partition coefficient (Wildman–Crippen LogP) is 3.45. The lowest BCUT2D eigenvalue weighted by Crippen LogP contribution is -2.26. The molecular weight excluding hydrogens is 390 g/mol. The Bertz CT molecular complexity index is 879. The van der Waals surface area contributed by atoms with Crippen LogP contribution in [0.2, 0.25) is 0 Å². The Hall–Kier alpha value is -3.17. The fourth-order valence-electron chi connectivity index (χ4n) is 2.76. The number of pyridine rings is 1. The minimum atomic E-state index is -1.10. The second-order valence-electron chi connectivity index (χ2n) is 6.72. The van der Waals surface area contributed by atoms with Crippen LogP contribution in [-0.4, -0.2) is 48.2 Å². The molecule has 9 nitrogen and oxygen atoms in total. The minimum Gasteiger partial charge on any atom is -0.488 e. The quantitative estimate of drug-likeness (QED) is 0.473. The molecule has 0 aliphatic carbocycles. The summed E-state index contributed by atoms with van der Waals surface area (Å²) in [4.78, 5) is 15.3. The lowest BCUT2D eigenvalue weighted by Gasteiger charge is -2.24. The van der Waals surface area contributed by atoms with Crippen LogP contribution in [0, 0.1) is 0 Å². The van der Waals surface area contributed by atoms with Gasteiger partial charge in [-0.05, 0) is 31.2 Å². The molecule has 0 radical (unpaired) electrons. The molecule has 0 saturated carbocycles. The fourth-order valence-corrected chi connectivity index (χ4v) is 2.76. The maximum atomic E-state index is 11.0. The summed E-state index contributed by atoms with van der Waals surface area (Å²) in [6, 6.07) is 8.86. The Kier molecular flexibility index (Phi) is 7.58. The van der Waals surface area contributed by atoms with Crippen molar-refractivity contribution in [2.45, 2.75) is 32.5 Å². The van der Waals surface area contributed by atoms with E-state index in [0.29, 0.717) is 42.8 Å². The molecule has 0 spiro atoms. The molecule has 3 rings (SSSR count). The molecule has 1 aromatic heterocycles. The monoisotopic (exact) mass is 415 g/mol. The molecule has 0 atom stereocenters. The van der Waals surface area contributed by atoms with Crippen LogP contribution in [0.5, 0.6) is 17.2 Å². The van der Waals surface area contributed by atoms with Crippen molar-refractivity contribution >= 4 is 17.4 Å². The van der Waals surface area contributed by atoms with Crippen LogP contribution in [0.1, 0.15) is 25.5 Å². The van der Waals surface area contributed by atoms with Crippen molar-refractivity contribution in [1.82, 2.24) is 4.98 Å². The molecule has 1 fully saturated rings. The molecule has 0 amide bonds. The number of hydrogen-bond acceptors (Lipinski definition) is 8. The Balaban J connectivity index is 1.79. The van der Waals surface area contributed by atoms with Gasteiger partial charge < -0.3 is 24.1 Å². The van der Waals surface area contributed by atoms with Gasteiger partial charge in [-0.25, -0.2) is 4.79 Å². The van der Waals surface area contributed by atoms with Gasteiger partial charge in [-0.1, -0.05) is 0 Å². The van der Waals surface area contributed by atoms with Crippen molar-refractivity contribution in [2.75, 3.05) is 25.7 Å². The van der Waals surface area contributed by atoms with Crippen molar-refractivity contribution in [2.24, 2.45) is 5.10 Å². The average molecular weight is 415 g/mol. The van der Waals surface area contributed by atoms with E-state index in [1.54, 1.807) is 31.5 Å². The number of hydrogen-bond donors (Lipinski definition) is 2. The number of carboxylic acids is 1. The summed E-state index contributed by atoms with van der Waals surface area (Å²) in [7, 11) is 1.61. The van der Waals surface area contributed by atoms with Gasteiger partial charge in [0.2, 0.25) is 0 Å². The first-order valence-corrected chi connectivity index (χ1v) is 9.59. The molecule has 0 unspecified atom stereocenters. The number of ether oxygens (including phenoxy) is 4. The molecule has 2 aromatic rings. The number of nitrogens with zero attached hydrogens (tertiary/aromatic N) is 2. The molecule has 1 saturated heterocycles. The molecule has 1 aliphatic heterocycles. The van der Waals surface area contributed by atoms with Gasteiger partial charge in [0.25, 0.3) is 0 Å². The number of carboxylic acid groups (broad SMARTS) is 1. The van der Waals surface area contributed by atoms with Gasteiger partial charge in [-0.2, -0.15) is 5.10 Å². The summed E-state index contributed by atoms with van der Waals surface area (Å²) in [5, 5.41) is 12.9. The zero-order valence-corrected chi connectivity index (χ0v) is 17.0. The van der Waals surface area contributed by atoms with E-state index in [1.807, 2.05) is 12.1 Å². The summed E-state index contributed by atoms with van der Waals surface area (Å²) < 4.78 is 22.5. The lowest BCUT2D eigenvalue weighted by molar-refractivity contribution is -0.129. The Morgan fingerprint density at radius 2 is 2.03 bits per heavy atom. The normalized spacial score (nSPS) is 14.9. The summed E-state index contributed by atoms with van der Waals surface area (Å²) in [6.45, 7) is 3.12. The van der Waals surface area contributed by atoms with E-state index in [2.05, 4.69) is 15.5 Å². The number of benzene rings is 1. The van der Waals surface area contributed by atoms with Gasteiger partial charge in [-0.3, -0.25) is 10.4 Å². The van der Waals surface area contributed by atoms with Crippen molar-refractivity contribution in [3.63, 3.8) is 0 Å². The second kappa shape index (κ2) is 10.6. The van der Waals surface area contributed by atoms with Crippen LogP contribution in [0.3, 0.4) is 0 Å².